The Bertz CT molecular complexity index is 497. The zero-order valence-corrected chi connectivity index (χ0v) is 13.2. The quantitative estimate of drug-likeness (QED) is 0.858. The molecule has 2 saturated heterocycles. The van der Waals surface area contributed by atoms with Gasteiger partial charge in [0.05, 0.1) is 18.9 Å². The Labute approximate surface area is 131 Å². The predicted molar refractivity (Wildman–Crippen MR) is 83.0 cm³/mol. The van der Waals surface area contributed by atoms with Crippen molar-refractivity contribution in [2.45, 2.75) is 32.1 Å². The van der Waals surface area contributed by atoms with Gasteiger partial charge in [0.25, 0.3) is 0 Å². The highest BCUT2D eigenvalue weighted by molar-refractivity contribution is 5.37. The van der Waals surface area contributed by atoms with E-state index in [9.17, 15) is 5.11 Å². The Morgan fingerprint density at radius 3 is 2.77 bits per heavy atom. The van der Waals surface area contributed by atoms with Crippen molar-refractivity contribution in [2.24, 2.45) is 5.41 Å². The van der Waals surface area contributed by atoms with Crippen molar-refractivity contribution in [3.63, 3.8) is 0 Å². The highest BCUT2D eigenvalue weighted by atomic mass is 16.5. The van der Waals surface area contributed by atoms with Crippen LogP contribution in [0.25, 0.3) is 0 Å². The molecular formula is C16H25N3O3. The van der Waals surface area contributed by atoms with Crippen molar-refractivity contribution in [3.8, 4) is 0 Å². The molecule has 1 aromatic heterocycles. The molecule has 2 aliphatic heterocycles. The first-order valence-corrected chi connectivity index (χ1v) is 8.07. The van der Waals surface area contributed by atoms with Gasteiger partial charge in [-0.1, -0.05) is 0 Å². The number of hydrogen-bond donors (Lipinski definition) is 2. The fourth-order valence-electron chi connectivity index (χ4n) is 3.13. The van der Waals surface area contributed by atoms with Crippen LogP contribution >= 0.6 is 0 Å². The lowest BCUT2D eigenvalue weighted by Crippen LogP contribution is -2.39. The molecule has 0 aromatic carbocycles. The summed E-state index contributed by atoms with van der Waals surface area (Å²) in [5.74, 6) is 1.99. The van der Waals surface area contributed by atoms with E-state index in [2.05, 4.69) is 15.3 Å². The summed E-state index contributed by atoms with van der Waals surface area (Å²) < 4.78 is 10.9. The molecule has 2 aliphatic rings. The molecular weight excluding hydrogens is 282 g/mol. The molecule has 3 rings (SSSR count). The highest BCUT2D eigenvalue weighted by Gasteiger charge is 2.32. The fourth-order valence-corrected chi connectivity index (χ4v) is 3.13. The third-order valence-electron chi connectivity index (χ3n) is 4.74. The maximum Gasteiger partial charge on any atom is 0.129 e. The summed E-state index contributed by atoms with van der Waals surface area (Å²) in [5, 5.41) is 13.2. The number of hydrogen-bond acceptors (Lipinski definition) is 6. The van der Waals surface area contributed by atoms with Crippen molar-refractivity contribution in [3.05, 3.63) is 17.6 Å². The molecule has 3 heterocycles. The molecule has 0 aliphatic carbocycles. The Morgan fingerprint density at radius 1 is 1.27 bits per heavy atom. The van der Waals surface area contributed by atoms with E-state index in [0.717, 1.165) is 63.0 Å². The van der Waals surface area contributed by atoms with E-state index in [-0.39, 0.29) is 12.0 Å². The first kappa shape index (κ1) is 15.6. The number of rotatable bonds is 5. The lowest BCUT2D eigenvalue weighted by Gasteiger charge is -2.35. The topological polar surface area (TPSA) is 76.5 Å². The monoisotopic (exact) mass is 307 g/mol. The van der Waals surface area contributed by atoms with Gasteiger partial charge < -0.3 is 19.9 Å². The second-order valence-electron chi connectivity index (χ2n) is 6.41. The number of ether oxygens (including phenoxy) is 2. The minimum atomic E-state index is -0.103. The van der Waals surface area contributed by atoms with Crippen LogP contribution in [0.5, 0.6) is 0 Å². The number of nitrogens with zero attached hydrogens (tertiary/aromatic N) is 2. The Hall–Kier alpha value is -1.24. The number of aliphatic hydroxyl groups excluding tert-OH is 1. The van der Waals surface area contributed by atoms with Crippen LogP contribution in [-0.4, -0.2) is 54.7 Å². The summed E-state index contributed by atoms with van der Waals surface area (Å²) in [7, 11) is 0. The van der Waals surface area contributed by atoms with Gasteiger partial charge in [0.1, 0.15) is 11.6 Å². The molecule has 1 atom stereocenters. The molecule has 6 heteroatoms. The van der Waals surface area contributed by atoms with Crippen LogP contribution in [-0.2, 0) is 9.47 Å². The van der Waals surface area contributed by atoms with Gasteiger partial charge in [0.15, 0.2) is 0 Å². The van der Waals surface area contributed by atoms with Crippen LogP contribution in [0.2, 0.25) is 0 Å². The third kappa shape index (κ3) is 3.56. The minimum absolute atomic E-state index is 0.103. The average Bonchev–Trinajstić information content (AvgIpc) is 3.08. The van der Waals surface area contributed by atoms with Gasteiger partial charge in [-0.2, -0.15) is 0 Å². The van der Waals surface area contributed by atoms with Crippen LogP contribution in [0.1, 0.15) is 36.7 Å². The van der Waals surface area contributed by atoms with E-state index in [0.29, 0.717) is 12.5 Å². The van der Waals surface area contributed by atoms with E-state index in [4.69, 9.17) is 9.47 Å². The molecule has 1 aromatic rings. The van der Waals surface area contributed by atoms with Crippen molar-refractivity contribution >= 4 is 5.82 Å². The third-order valence-corrected chi connectivity index (χ3v) is 4.74. The molecule has 0 radical (unpaired) electrons. The molecule has 2 N–H and O–H groups in total. The van der Waals surface area contributed by atoms with E-state index in [1.807, 2.05) is 13.0 Å². The molecule has 0 amide bonds. The van der Waals surface area contributed by atoms with Crippen LogP contribution in [0.15, 0.2) is 6.07 Å². The number of aliphatic hydroxyl groups is 1. The summed E-state index contributed by atoms with van der Waals surface area (Å²) in [6.07, 6.45) is 2.78. The number of anilines is 1. The largest absolute Gasteiger partial charge is 0.396 e. The van der Waals surface area contributed by atoms with Crippen LogP contribution in [0, 0.1) is 12.3 Å². The average molecular weight is 307 g/mol. The standard InChI is InChI=1S/C16H25N3O3/c1-12-18-14(13-2-5-22-9-13)8-15(19-12)17-10-16(11-20)3-6-21-7-4-16/h8,13,20H,2-7,9-11H2,1H3,(H,17,18,19)/t13-/m0/s1. The summed E-state index contributed by atoms with van der Waals surface area (Å²) >= 11 is 0. The summed E-state index contributed by atoms with van der Waals surface area (Å²) in [4.78, 5) is 9.03. The van der Waals surface area contributed by atoms with Crippen molar-refractivity contribution in [1.82, 2.24) is 9.97 Å². The summed E-state index contributed by atoms with van der Waals surface area (Å²) in [6.45, 7) is 5.80. The van der Waals surface area contributed by atoms with E-state index < -0.39 is 0 Å². The maximum absolute atomic E-state index is 9.76. The van der Waals surface area contributed by atoms with Gasteiger partial charge in [0.2, 0.25) is 0 Å². The van der Waals surface area contributed by atoms with Crippen LogP contribution in [0.3, 0.4) is 0 Å². The van der Waals surface area contributed by atoms with E-state index >= 15 is 0 Å². The Kier molecular flexibility index (Phi) is 4.90. The summed E-state index contributed by atoms with van der Waals surface area (Å²) in [5.41, 5.74) is 0.950. The molecule has 0 bridgehead atoms. The van der Waals surface area contributed by atoms with Crippen molar-refractivity contribution in [2.75, 3.05) is 44.9 Å². The zero-order valence-electron chi connectivity index (χ0n) is 13.2. The molecule has 0 unspecified atom stereocenters. The maximum atomic E-state index is 9.76. The normalized spacial score (nSPS) is 24.4. The predicted octanol–water partition coefficient (Wildman–Crippen LogP) is 1.49. The van der Waals surface area contributed by atoms with Gasteiger partial charge >= 0.3 is 0 Å². The lowest BCUT2D eigenvalue weighted by molar-refractivity contribution is -0.00862. The second-order valence-corrected chi connectivity index (χ2v) is 6.41. The molecule has 22 heavy (non-hydrogen) atoms. The summed E-state index contributed by atoms with van der Waals surface area (Å²) in [6, 6.07) is 2.02. The van der Waals surface area contributed by atoms with Gasteiger partial charge in [-0.05, 0) is 26.2 Å². The number of nitrogens with one attached hydrogen (secondary N) is 1. The second kappa shape index (κ2) is 6.89. The highest BCUT2D eigenvalue weighted by Crippen LogP contribution is 2.31. The Balaban J connectivity index is 1.68. The van der Waals surface area contributed by atoms with Gasteiger partial charge in [-0.25, -0.2) is 9.97 Å². The van der Waals surface area contributed by atoms with Crippen LogP contribution in [0.4, 0.5) is 5.82 Å². The van der Waals surface area contributed by atoms with Gasteiger partial charge in [-0.15, -0.1) is 0 Å². The molecule has 122 valence electrons. The molecule has 0 spiro atoms. The first-order chi connectivity index (χ1) is 10.7. The van der Waals surface area contributed by atoms with Crippen molar-refractivity contribution in [1.29, 1.82) is 0 Å². The lowest BCUT2D eigenvalue weighted by atomic mass is 9.81. The fraction of sp³-hybridized carbons (Fsp3) is 0.750. The zero-order chi connectivity index (χ0) is 15.4. The molecule has 2 fully saturated rings. The van der Waals surface area contributed by atoms with E-state index in [1.165, 1.54) is 0 Å². The van der Waals surface area contributed by atoms with Crippen LogP contribution < -0.4 is 5.32 Å². The Morgan fingerprint density at radius 2 is 2.09 bits per heavy atom. The smallest absolute Gasteiger partial charge is 0.129 e. The van der Waals surface area contributed by atoms with Gasteiger partial charge in [-0.3, -0.25) is 0 Å². The molecule has 0 saturated carbocycles. The van der Waals surface area contributed by atoms with E-state index in [1.54, 1.807) is 0 Å². The number of aryl methyl sites for hydroxylation is 1. The van der Waals surface area contributed by atoms with Crippen molar-refractivity contribution < 1.29 is 14.6 Å². The minimum Gasteiger partial charge on any atom is -0.396 e. The number of aromatic nitrogens is 2. The molecule has 6 nitrogen and oxygen atoms in total. The van der Waals surface area contributed by atoms with Gasteiger partial charge in [0, 0.05) is 43.8 Å². The first-order valence-electron chi connectivity index (χ1n) is 8.07. The SMILES string of the molecule is Cc1nc(NCC2(CO)CCOCC2)cc([C@H]2CCOC2)n1.